The molecule has 0 N–H and O–H groups in total. The second-order valence-electron chi connectivity index (χ2n) is 2.21. The molecule has 0 spiro atoms. The summed E-state index contributed by atoms with van der Waals surface area (Å²) in [5.74, 6) is 0. The van der Waals surface area contributed by atoms with E-state index in [-0.39, 0.29) is 0 Å². The van der Waals surface area contributed by atoms with E-state index in [1.54, 1.807) is 0 Å². The summed E-state index contributed by atoms with van der Waals surface area (Å²) in [4.78, 5) is 0. The largest absolute Gasteiger partial charge is 0.100 e. The summed E-state index contributed by atoms with van der Waals surface area (Å²) < 4.78 is 0. The fourth-order valence-corrected chi connectivity index (χ4v) is 0.390. The Morgan fingerprint density at radius 3 is 2.00 bits per heavy atom. The van der Waals surface area contributed by atoms with Gasteiger partial charge in [0.05, 0.1) is 5.57 Å². The molecule has 0 saturated carbocycles. The summed E-state index contributed by atoms with van der Waals surface area (Å²) in [7, 11) is 0. The van der Waals surface area contributed by atoms with Gasteiger partial charge in [-0.25, -0.2) is 0 Å². The maximum absolute atomic E-state index is 3.76. The van der Waals surface area contributed by atoms with Crippen molar-refractivity contribution in [2.24, 2.45) is 0 Å². The zero-order valence-corrected chi connectivity index (χ0v) is 5.54. The molecular weight excluding hydrogens is 96.1 g/mol. The highest BCUT2D eigenvalue weighted by atomic mass is 13.9. The Kier molecular flexibility index (Phi) is 3.09. The molecule has 0 heterocycles. The second-order valence-corrected chi connectivity index (χ2v) is 2.21. The summed E-state index contributed by atoms with van der Waals surface area (Å²) in [6, 6.07) is 0. The maximum Gasteiger partial charge on any atom is 0.0967 e. The van der Waals surface area contributed by atoms with Crippen molar-refractivity contribution in [2.45, 2.75) is 19.8 Å². The first-order chi connectivity index (χ1) is 3.63. The van der Waals surface area contributed by atoms with E-state index in [4.69, 9.17) is 0 Å². The quantitative estimate of drug-likeness (QED) is 0.386. The Morgan fingerprint density at radius 2 is 1.88 bits per heavy atom. The highest BCUT2D eigenvalue weighted by molar-refractivity contribution is 5.01. The van der Waals surface area contributed by atoms with E-state index < -0.39 is 0 Å². The summed E-state index contributed by atoms with van der Waals surface area (Å²) in [5.41, 5.74) is 2.20. The lowest BCUT2D eigenvalue weighted by molar-refractivity contribution is 0.953. The molecule has 0 heteroatoms. The molecular formula is C8H13+. The molecule has 0 saturated heterocycles. The van der Waals surface area contributed by atoms with Gasteiger partial charge in [0.1, 0.15) is 0 Å². The van der Waals surface area contributed by atoms with E-state index in [9.17, 15) is 0 Å². The monoisotopic (exact) mass is 109 g/mol. The molecule has 0 aliphatic rings. The Labute approximate surface area is 51.9 Å². The van der Waals surface area contributed by atoms with E-state index in [0.717, 1.165) is 18.4 Å². The fourth-order valence-electron chi connectivity index (χ4n) is 0.390. The van der Waals surface area contributed by atoms with Gasteiger partial charge in [-0.2, -0.15) is 0 Å². The van der Waals surface area contributed by atoms with Gasteiger partial charge in [0.25, 0.3) is 0 Å². The molecule has 8 heavy (non-hydrogen) atoms. The highest BCUT2D eigenvalue weighted by Crippen LogP contribution is 2.05. The van der Waals surface area contributed by atoms with Crippen molar-refractivity contribution in [1.29, 1.82) is 0 Å². The molecule has 0 nitrogen and oxygen atoms in total. The van der Waals surface area contributed by atoms with Crippen molar-refractivity contribution in [2.75, 3.05) is 0 Å². The SMILES string of the molecule is C=C([CH2+])CCC(=C)C. The Bertz CT molecular complexity index is 84.6. The van der Waals surface area contributed by atoms with Gasteiger partial charge in [-0.05, 0) is 13.3 Å². The molecule has 0 amide bonds. The van der Waals surface area contributed by atoms with Gasteiger partial charge in [0, 0.05) is 19.9 Å². The van der Waals surface area contributed by atoms with Crippen LogP contribution in [0.4, 0.5) is 0 Å². The molecule has 0 bridgehead atoms. The van der Waals surface area contributed by atoms with Crippen LogP contribution in [0.3, 0.4) is 0 Å². The number of allylic oxidation sites excluding steroid dienone is 2. The van der Waals surface area contributed by atoms with Crippen molar-refractivity contribution in [3.63, 3.8) is 0 Å². The molecule has 0 atom stereocenters. The summed E-state index contributed by atoms with van der Waals surface area (Å²) in [6.07, 6.45) is 2.01. The van der Waals surface area contributed by atoms with Gasteiger partial charge in [-0.1, -0.05) is 5.57 Å². The van der Waals surface area contributed by atoms with E-state index >= 15 is 0 Å². The normalized spacial score (nSPS) is 8.62. The summed E-state index contributed by atoms with van der Waals surface area (Å²) in [5, 5.41) is 0. The third-order valence-electron chi connectivity index (χ3n) is 0.905. The van der Waals surface area contributed by atoms with Gasteiger partial charge >= 0.3 is 0 Å². The molecule has 0 radical (unpaired) electrons. The molecule has 0 aliphatic heterocycles. The van der Waals surface area contributed by atoms with Crippen LogP contribution in [-0.2, 0) is 0 Å². The number of rotatable bonds is 3. The van der Waals surface area contributed by atoms with Crippen LogP contribution < -0.4 is 0 Å². The van der Waals surface area contributed by atoms with Gasteiger partial charge < -0.3 is 0 Å². The molecule has 0 aromatic rings. The van der Waals surface area contributed by atoms with E-state index in [1.165, 1.54) is 5.57 Å². The maximum atomic E-state index is 3.76. The van der Waals surface area contributed by atoms with Crippen LogP contribution in [-0.4, -0.2) is 0 Å². The van der Waals surface area contributed by atoms with E-state index in [1.807, 2.05) is 6.92 Å². The second kappa shape index (κ2) is 3.36. The zero-order chi connectivity index (χ0) is 6.57. The van der Waals surface area contributed by atoms with Crippen molar-refractivity contribution in [3.05, 3.63) is 31.2 Å². The van der Waals surface area contributed by atoms with Crippen molar-refractivity contribution in [1.82, 2.24) is 0 Å². The first-order valence-electron chi connectivity index (χ1n) is 2.77. The molecule has 0 aromatic heterocycles. The average Bonchev–Trinajstić information content (AvgIpc) is 1.61. The highest BCUT2D eigenvalue weighted by Gasteiger charge is 1.91. The van der Waals surface area contributed by atoms with Gasteiger partial charge in [-0.3, -0.25) is 0 Å². The summed E-state index contributed by atoms with van der Waals surface area (Å²) in [6.45, 7) is 13.1. The lowest BCUT2D eigenvalue weighted by Crippen LogP contribution is -1.75. The van der Waals surface area contributed by atoms with Crippen LogP contribution in [0.5, 0.6) is 0 Å². The van der Waals surface area contributed by atoms with Gasteiger partial charge in [0.15, 0.2) is 0 Å². The zero-order valence-electron chi connectivity index (χ0n) is 5.54. The standard InChI is InChI=1S/C8H13/c1-7(2)5-6-8(3)4/h1-3,5-6H2,4H3/q+1. The van der Waals surface area contributed by atoms with E-state index in [0.29, 0.717) is 0 Å². The van der Waals surface area contributed by atoms with Gasteiger partial charge in [-0.15, -0.1) is 6.58 Å². The minimum Gasteiger partial charge on any atom is -0.100 e. The van der Waals surface area contributed by atoms with Crippen molar-refractivity contribution >= 4 is 0 Å². The Hall–Kier alpha value is -0.650. The molecule has 0 fully saturated rings. The van der Waals surface area contributed by atoms with Crippen LogP contribution in [0.25, 0.3) is 0 Å². The van der Waals surface area contributed by atoms with Crippen LogP contribution in [0, 0.1) is 6.92 Å². The molecule has 0 aromatic carbocycles. The minimum absolute atomic E-state index is 0.981. The molecule has 0 rings (SSSR count). The topological polar surface area (TPSA) is 0 Å². The van der Waals surface area contributed by atoms with Crippen molar-refractivity contribution < 1.29 is 0 Å². The number of hydrogen-bond donors (Lipinski definition) is 0. The molecule has 0 aliphatic carbocycles. The Balaban J connectivity index is 3.18. The Morgan fingerprint density at radius 1 is 1.38 bits per heavy atom. The molecule has 0 unspecified atom stereocenters. The summed E-state index contributed by atoms with van der Waals surface area (Å²) >= 11 is 0. The minimum atomic E-state index is 0.981. The number of hydrogen-bond acceptors (Lipinski definition) is 0. The smallest absolute Gasteiger partial charge is 0.0967 e. The lowest BCUT2D eigenvalue weighted by atomic mass is 10.1. The fraction of sp³-hybridized carbons (Fsp3) is 0.375. The third-order valence-corrected chi connectivity index (χ3v) is 0.905. The first-order valence-corrected chi connectivity index (χ1v) is 2.77. The average molecular weight is 109 g/mol. The van der Waals surface area contributed by atoms with Crippen LogP contribution in [0.15, 0.2) is 24.3 Å². The first kappa shape index (κ1) is 7.35. The van der Waals surface area contributed by atoms with Gasteiger partial charge in [0.2, 0.25) is 0 Å². The predicted octanol–water partition coefficient (Wildman–Crippen LogP) is 2.73. The van der Waals surface area contributed by atoms with Crippen LogP contribution >= 0.6 is 0 Å². The molecule has 44 valence electrons. The van der Waals surface area contributed by atoms with Crippen LogP contribution in [0.1, 0.15) is 19.8 Å². The van der Waals surface area contributed by atoms with Crippen LogP contribution in [0.2, 0.25) is 0 Å². The predicted molar refractivity (Wildman–Crippen MR) is 38.5 cm³/mol. The third kappa shape index (κ3) is 5.35. The van der Waals surface area contributed by atoms with Crippen molar-refractivity contribution in [3.8, 4) is 0 Å². The lowest BCUT2D eigenvalue weighted by Gasteiger charge is -1.91. The van der Waals surface area contributed by atoms with E-state index in [2.05, 4.69) is 20.1 Å².